The van der Waals surface area contributed by atoms with E-state index < -0.39 is 21.1 Å². The minimum Gasteiger partial charge on any atom is -0.369 e. The molecule has 1 aliphatic rings. The van der Waals surface area contributed by atoms with E-state index in [1.807, 2.05) is 18.2 Å². The van der Waals surface area contributed by atoms with E-state index in [4.69, 9.17) is 0 Å². The van der Waals surface area contributed by atoms with E-state index in [0.29, 0.717) is 18.1 Å². The van der Waals surface area contributed by atoms with Gasteiger partial charge in [0.15, 0.2) is 5.82 Å². The minimum atomic E-state index is -3.38. The van der Waals surface area contributed by atoms with Gasteiger partial charge >= 0.3 is 0 Å². The van der Waals surface area contributed by atoms with Crippen LogP contribution >= 0.6 is 0 Å². The van der Waals surface area contributed by atoms with E-state index in [-0.39, 0.29) is 0 Å². The third-order valence-electron chi connectivity index (χ3n) is 5.34. The van der Waals surface area contributed by atoms with Gasteiger partial charge in [0.25, 0.3) is 0 Å². The molecule has 4 rings (SSSR count). The van der Waals surface area contributed by atoms with E-state index in [0.717, 1.165) is 43.8 Å². The summed E-state index contributed by atoms with van der Waals surface area (Å²) < 4.78 is 41.5. The van der Waals surface area contributed by atoms with Gasteiger partial charge in [-0.25, -0.2) is 22.5 Å². The maximum atomic E-state index is 13.0. The van der Waals surface area contributed by atoms with Gasteiger partial charge in [0.05, 0.1) is 29.0 Å². The van der Waals surface area contributed by atoms with Gasteiger partial charge in [0.1, 0.15) is 5.82 Å². The number of rotatable bonds is 7. The lowest BCUT2D eigenvalue weighted by molar-refractivity contribution is 0.247. The number of hydrogen-bond acceptors (Lipinski definition) is 7. The van der Waals surface area contributed by atoms with Crippen LogP contribution in [0.3, 0.4) is 0 Å². The second kappa shape index (κ2) is 9.21. The van der Waals surface area contributed by atoms with Crippen molar-refractivity contribution in [3.63, 3.8) is 0 Å². The third kappa shape index (κ3) is 5.22. The number of anilines is 2. The minimum absolute atomic E-state index is 0.394. The predicted molar refractivity (Wildman–Crippen MR) is 121 cm³/mol. The van der Waals surface area contributed by atoms with Crippen LogP contribution in [0, 0.1) is 5.82 Å². The molecule has 1 aliphatic heterocycles. The highest BCUT2D eigenvalue weighted by atomic mass is 32.2. The number of nitrogens with zero attached hydrogens (tertiary/aromatic N) is 6. The van der Waals surface area contributed by atoms with Gasteiger partial charge in [-0.05, 0) is 44.2 Å². The summed E-state index contributed by atoms with van der Waals surface area (Å²) in [5.41, 5.74) is 2.38. The van der Waals surface area contributed by atoms with Gasteiger partial charge in [-0.2, -0.15) is 0 Å². The number of benzene rings is 1. The molecule has 32 heavy (non-hydrogen) atoms. The van der Waals surface area contributed by atoms with Crippen LogP contribution in [0.1, 0.15) is 19.5 Å². The Bertz CT molecular complexity index is 1160. The molecular formula is C21H26FN7O2S. The molecule has 9 nitrogen and oxygen atoms in total. The summed E-state index contributed by atoms with van der Waals surface area (Å²) in [6.45, 7) is 7.26. The van der Waals surface area contributed by atoms with Gasteiger partial charge in [-0.1, -0.05) is 11.3 Å². The second-order valence-corrected chi connectivity index (χ2v) is 10.2. The molecule has 0 aliphatic carbocycles. The summed E-state index contributed by atoms with van der Waals surface area (Å²) in [5.74, 6) is 0.123. The molecule has 11 heteroatoms. The molecule has 0 bridgehead atoms. The van der Waals surface area contributed by atoms with Crippen LogP contribution in [0.5, 0.6) is 0 Å². The fraction of sp³-hybridized carbons (Fsp3) is 0.381. The summed E-state index contributed by atoms with van der Waals surface area (Å²) in [7, 11) is -3.38. The van der Waals surface area contributed by atoms with Crippen LogP contribution in [0.2, 0.25) is 0 Å². The number of halogens is 1. The van der Waals surface area contributed by atoms with Crippen LogP contribution in [0.15, 0.2) is 48.8 Å². The Morgan fingerprint density at radius 2 is 1.91 bits per heavy atom. The Morgan fingerprint density at radius 1 is 1.12 bits per heavy atom. The predicted octanol–water partition coefficient (Wildman–Crippen LogP) is 2.27. The molecule has 0 unspecified atom stereocenters. The SMILES string of the molecule is CC(C)S(=O)(=O)Nc1cccc(N2CCN(Cc3cn(-c4ccc(F)cn4)nn3)CC2)c1. The van der Waals surface area contributed by atoms with Crippen LogP contribution in [-0.4, -0.2) is 64.7 Å². The molecular weight excluding hydrogens is 433 g/mol. The monoisotopic (exact) mass is 459 g/mol. The summed E-state index contributed by atoms with van der Waals surface area (Å²) in [6.07, 6.45) is 2.95. The van der Waals surface area contributed by atoms with Gasteiger partial charge < -0.3 is 4.90 Å². The van der Waals surface area contributed by atoms with Crippen molar-refractivity contribution in [2.45, 2.75) is 25.6 Å². The van der Waals surface area contributed by atoms with Crippen molar-refractivity contribution in [3.05, 3.63) is 60.3 Å². The lowest BCUT2D eigenvalue weighted by atomic mass is 10.2. The molecule has 0 atom stereocenters. The number of pyridine rings is 1. The molecule has 1 saturated heterocycles. The topological polar surface area (TPSA) is 96.2 Å². The normalized spacial score (nSPS) is 15.3. The Labute approximate surface area is 186 Å². The Kier molecular flexibility index (Phi) is 6.38. The number of piperazine rings is 1. The summed E-state index contributed by atoms with van der Waals surface area (Å²) in [4.78, 5) is 8.54. The van der Waals surface area contributed by atoms with Gasteiger partial charge in [0, 0.05) is 38.4 Å². The van der Waals surface area contributed by atoms with Crippen molar-refractivity contribution in [1.29, 1.82) is 0 Å². The third-order valence-corrected chi connectivity index (χ3v) is 7.10. The lowest BCUT2D eigenvalue weighted by Gasteiger charge is -2.35. The zero-order valence-corrected chi connectivity index (χ0v) is 18.8. The Hall–Kier alpha value is -3.05. The molecule has 0 amide bonds. The first-order chi connectivity index (χ1) is 15.3. The first kappa shape index (κ1) is 22.2. The highest BCUT2D eigenvalue weighted by Crippen LogP contribution is 2.22. The number of aromatic nitrogens is 4. The average Bonchev–Trinajstić information content (AvgIpc) is 3.23. The van der Waals surface area contributed by atoms with Gasteiger partial charge in [0.2, 0.25) is 10.0 Å². The largest absolute Gasteiger partial charge is 0.369 e. The fourth-order valence-corrected chi connectivity index (χ4v) is 4.12. The maximum Gasteiger partial charge on any atom is 0.235 e. The molecule has 1 N–H and O–H groups in total. The lowest BCUT2D eigenvalue weighted by Crippen LogP contribution is -2.46. The maximum absolute atomic E-state index is 13.0. The van der Waals surface area contributed by atoms with Crippen molar-refractivity contribution in [1.82, 2.24) is 24.9 Å². The zero-order chi connectivity index (χ0) is 22.7. The van der Waals surface area contributed by atoms with Crippen molar-refractivity contribution in [2.75, 3.05) is 35.8 Å². The molecule has 0 spiro atoms. The van der Waals surface area contributed by atoms with Gasteiger partial charge in [-0.15, -0.1) is 5.10 Å². The quantitative estimate of drug-likeness (QED) is 0.579. The number of hydrogen-bond donors (Lipinski definition) is 1. The summed E-state index contributed by atoms with van der Waals surface area (Å²) >= 11 is 0. The van der Waals surface area contributed by atoms with E-state index in [1.165, 1.54) is 10.7 Å². The molecule has 1 aromatic carbocycles. The standard InChI is InChI=1S/C21H26FN7O2S/c1-16(2)32(30,31)25-18-4-3-5-20(12-18)28-10-8-27(9-11-28)14-19-15-29(26-24-19)21-7-6-17(22)13-23-21/h3-7,12-13,15-16,25H,8-11,14H2,1-2H3. The van der Waals surface area contributed by atoms with Crippen molar-refractivity contribution in [3.8, 4) is 5.82 Å². The highest BCUT2D eigenvalue weighted by Gasteiger charge is 2.20. The van der Waals surface area contributed by atoms with E-state index >= 15 is 0 Å². The van der Waals surface area contributed by atoms with Crippen LogP contribution in [0.4, 0.5) is 15.8 Å². The van der Waals surface area contributed by atoms with Crippen LogP contribution in [-0.2, 0) is 16.6 Å². The molecule has 3 heterocycles. The fourth-order valence-electron chi connectivity index (χ4n) is 3.43. The second-order valence-electron chi connectivity index (χ2n) is 8.00. The highest BCUT2D eigenvalue weighted by molar-refractivity contribution is 7.93. The smallest absolute Gasteiger partial charge is 0.235 e. The molecule has 1 fully saturated rings. The average molecular weight is 460 g/mol. The Balaban J connectivity index is 1.34. The van der Waals surface area contributed by atoms with Crippen LogP contribution < -0.4 is 9.62 Å². The molecule has 0 saturated carbocycles. The molecule has 3 aromatic rings. The van der Waals surface area contributed by atoms with E-state index in [9.17, 15) is 12.8 Å². The number of sulfonamides is 1. The van der Waals surface area contributed by atoms with Gasteiger partial charge in [-0.3, -0.25) is 9.62 Å². The Morgan fingerprint density at radius 3 is 2.59 bits per heavy atom. The van der Waals surface area contributed by atoms with E-state index in [2.05, 4.69) is 29.8 Å². The van der Waals surface area contributed by atoms with E-state index in [1.54, 1.807) is 32.2 Å². The van der Waals surface area contributed by atoms with Crippen molar-refractivity contribution >= 4 is 21.4 Å². The van der Waals surface area contributed by atoms with Crippen LogP contribution in [0.25, 0.3) is 5.82 Å². The molecule has 2 aromatic heterocycles. The summed E-state index contributed by atoms with van der Waals surface area (Å²) in [5, 5.41) is 7.79. The number of nitrogens with one attached hydrogen (secondary N) is 1. The first-order valence-corrected chi connectivity index (χ1v) is 12.0. The first-order valence-electron chi connectivity index (χ1n) is 10.4. The molecule has 170 valence electrons. The van der Waals surface area contributed by atoms with Crippen molar-refractivity contribution < 1.29 is 12.8 Å². The summed E-state index contributed by atoms with van der Waals surface area (Å²) in [6, 6.07) is 10.4. The van der Waals surface area contributed by atoms with Crippen molar-refractivity contribution in [2.24, 2.45) is 0 Å². The molecule has 0 radical (unpaired) electrons. The zero-order valence-electron chi connectivity index (χ0n) is 18.0.